The summed E-state index contributed by atoms with van der Waals surface area (Å²) in [5.41, 5.74) is 5.46. The molecule has 5 atom stereocenters. The number of aromatic nitrogens is 8. The number of rotatable bonds is 10. The Labute approximate surface area is 386 Å². The Morgan fingerprint density at radius 2 is 1.37 bits per heavy atom. The molecule has 21 heteroatoms. The first-order valence-corrected chi connectivity index (χ1v) is 22.9. The van der Waals surface area contributed by atoms with E-state index in [4.69, 9.17) is 4.74 Å². The fraction of sp³-hybridized carbons (Fsp3) is 0.391. The van der Waals surface area contributed by atoms with Gasteiger partial charge in [0, 0.05) is 41.2 Å². The molecular formula is C46H47F5N12O3S. The van der Waals surface area contributed by atoms with E-state index in [9.17, 15) is 31.5 Å². The molecule has 350 valence electrons. The summed E-state index contributed by atoms with van der Waals surface area (Å²) in [6.07, 6.45) is 3.03. The predicted molar refractivity (Wildman–Crippen MR) is 241 cm³/mol. The number of carbonyl (C=O) groups is 2. The number of benzene rings is 2. The van der Waals surface area contributed by atoms with Crippen molar-refractivity contribution in [1.29, 1.82) is 0 Å². The highest BCUT2D eigenvalue weighted by molar-refractivity contribution is 7.98. The molecule has 0 aliphatic carbocycles. The van der Waals surface area contributed by atoms with E-state index in [2.05, 4.69) is 54.4 Å². The number of nitrogens with zero attached hydrogens (tertiary/aromatic N) is 10. The van der Waals surface area contributed by atoms with Crippen LogP contribution in [-0.4, -0.2) is 75.9 Å². The zero-order valence-electron chi connectivity index (χ0n) is 37.1. The Morgan fingerprint density at radius 1 is 0.746 bits per heavy atom. The number of hydrogen-bond acceptors (Lipinski definition) is 12. The Morgan fingerprint density at radius 3 is 2.01 bits per heavy atom. The number of cyclic esters (lactones) is 1. The second-order valence-electron chi connectivity index (χ2n) is 17.1. The van der Waals surface area contributed by atoms with Crippen molar-refractivity contribution >= 4 is 47.3 Å². The Bertz CT molecular complexity index is 2830. The number of ether oxygens (including phenoxy) is 1. The van der Waals surface area contributed by atoms with Crippen LogP contribution in [0.3, 0.4) is 0 Å². The van der Waals surface area contributed by atoms with Crippen LogP contribution in [0.2, 0.25) is 0 Å². The molecule has 2 saturated heterocycles. The van der Waals surface area contributed by atoms with Crippen molar-refractivity contribution in [1.82, 2.24) is 39.0 Å². The van der Waals surface area contributed by atoms with Crippen LogP contribution in [-0.2, 0) is 34.3 Å². The van der Waals surface area contributed by atoms with Crippen molar-refractivity contribution in [3.8, 4) is 11.4 Å². The molecule has 0 unspecified atom stereocenters. The quantitative estimate of drug-likeness (QED) is 0.126. The maximum absolute atomic E-state index is 13.9. The van der Waals surface area contributed by atoms with Gasteiger partial charge in [0.1, 0.15) is 36.3 Å². The molecule has 2 N–H and O–H groups in total. The lowest BCUT2D eigenvalue weighted by atomic mass is 9.99. The molecule has 0 saturated carbocycles. The van der Waals surface area contributed by atoms with Crippen molar-refractivity contribution in [3.05, 3.63) is 113 Å². The van der Waals surface area contributed by atoms with Gasteiger partial charge in [0.05, 0.1) is 58.8 Å². The van der Waals surface area contributed by atoms with E-state index in [1.807, 2.05) is 23.0 Å². The highest BCUT2D eigenvalue weighted by Gasteiger charge is 2.40. The number of amides is 2. The van der Waals surface area contributed by atoms with Gasteiger partial charge in [-0.2, -0.15) is 23.1 Å². The summed E-state index contributed by atoms with van der Waals surface area (Å²) >= 11 is 1.36. The lowest BCUT2D eigenvalue weighted by molar-refractivity contribution is -0.137. The molecule has 8 heterocycles. The van der Waals surface area contributed by atoms with E-state index in [1.54, 1.807) is 48.0 Å². The van der Waals surface area contributed by atoms with E-state index in [0.29, 0.717) is 46.4 Å². The lowest BCUT2D eigenvalue weighted by Gasteiger charge is -2.27. The van der Waals surface area contributed by atoms with Crippen molar-refractivity contribution in [3.63, 3.8) is 0 Å². The Kier molecular flexibility index (Phi) is 12.4. The predicted octanol–water partition coefficient (Wildman–Crippen LogP) is 9.37. The van der Waals surface area contributed by atoms with Gasteiger partial charge in [-0.3, -0.25) is 14.6 Å². The van der Waals surface area contributed by atoms with Gasteiger partial charge in [-0.15, -0.1) is 11.8 Å². The van der Waals surface area contributed by atoms with Crippen LogP contribution < -0.4 is 20.4 Å². The van der Waals surface area contributed by atoms with Crippen LogP contribution in [0.1, 0.15) is 93.4 Å². The molecular weight excluding hydrogens is 896 g/mol. The second-order valence-corrected chi connectivity index (χ2v) is 18.2. The number of alkyl halides is 4. The number of carbonyl (C=O) groups excluding carboxylic acids is 2. The van der Waals surface area contributed by atoms with E-state index in [0.717, 1.165) is 59.4 Å². The fourth-order valence-corrected chi connectivity index (χ4v) is 10.1. The molecule has 2 fully saturated rings. The molecule has 6 aromatic rings. The fourth-order valence-electron chi connectivity index (χ4n) is 9.00. The van der Waals surface area contributed by atoms with Crippen LogP contribution in [0.5, 0.6) is 0 Å². The molecule has 67 heavy (non-hydrogen) atoms. The van der Waals surface area contributed by atoms with Crippen LogP contribution >= 0.6 is 11.8 Å². The SMILES string of the molecule is CC(C)[C@H]1CCC(=O)N1c1ccnc(N[C@@H](C)c2ncn3c2CSc2cc(C(F)(F)F)ccc2-3)n1.C[C@H](Nc1nccc(N2C(=O)OC[C@@H]2[C@H](C)F)n1)c1ncn2c1CCc1cc(F)ccc1-2. The average Bonchev–Trinajstić information content (AvgIpc) is 4.11. The number of thioether (sulfide) groups is 1. The van der Waals surface area contributed by atoms with Gasteiger partial charge in [-0.25, -0.2) is 33.5 Å². The van der Waals surface area contributed by atoms with Crippen LogP contribution in [0, 0.1) is 11.7 Å². The van der Waals surface area contributed by atoms with Gasteiger partial charge >= 0.3 is 12.3 Å². The van der Waals surface area contributed by atoms with Gasteiger partial charge in [-0.05, 0) is 100 Å². The maximum atomic E-state index is 13.9. The van der Waals surface area contributed by atoms with E-state index in [-0.39, 0.29) is 42.3 Å². The van der Waals surface area contributed by atoms with Gasteiger partial charge in [0.15, 0.2) is 0 Å². The summed E-state index contributed by atoms with van der Waals surface area (Å²) in [7, 11) is 0. The molecule has 0 bridgehead atoms. The van der Waals surface area contributed by atoms with Crippen molar-refractivity contribution in [2.75, 3.05) is 27.0 Å². The molecule has 4 aliphatic heterocycles. The minimum atomic E-state index is -4.38. The van der Waals surface area contributed by atoms with Crippen molar-refractivity contribution in [2.24, 2.45) is 5.92 Å². The summed E-state index contributed by atoms with van der Waals surface area (Å²) in [6.45, 7) is 9.43. The molecule has 2 amide bonds. The van der Waals surface area contributed by atoms with E-state index in [1.165, 1.54) is 48.0 Å². The third-order valence-corrected chi connectivity index (χ3v) is 13.4. The number of imidazole rings is 2. The lowest BCUT2D eigenvalue weighted by Crippen LogP contribution is -2.39. The molecule has 0 radical (unpaired) electrons. The molecule has 4 aliphatic rings. The smallest absolute Gasteiger partial charge is 0.416 e. The van der Waals surface area contributed by atoms with Gasteiger partial charge < -0.3 is 24.5 Å². The standard InChI is InChI=1S/C24H25F3N6OS.C22H22F2N6O2/c1-13(2)16-6-7-21(34)33(16)20-8-9-28-23(31-20)30-14(3)22-18-11-35-19-10-15(24(25,26)27)4-5-17(19)32(18)12-29-22;1-12(23)18-10-32-22(31)30(18)19-7-8-25-21(28-19)27-13(2)20-17-5-3-14-9-15(24)4-6-16(14)29(17)11-26-20/h4-5,8-10,12-14,16H,6-7,11H2,1-3H3,(H,28,30,31);4,6-9,11-13,18H,3,5,10H2,1-2H3,(H,25,27,28)/t14-,16+;12-,13-,18+/m00/s1. The second kappa shape index (κ2) is 18.2. The third-order valence-electron chi connectivity index (χ3n) is 12.4. The minimum absolute atomic E-state index is 0.0220. The highest BCUT2D eigenvalue weighted by Crippen LogP contribution is 2.41. The number of anilines is 4. The average molecular weight is 943 g/mol. The summed E-state index contributed by atoms with van der Waals surface area (Å²) in [6, 6.07) is 10.7. The van der Waals surface area contributed by atoms with Crippen LogP contribution in [0.4, 0.5) is 50.3 Å². The third kappa shape index (κ3) is 8.99. The molecule has 2 aromatic carbocycles. The van der Waals surface area contributed by atoms with Crippen LogP contribution in [0.15, 0.2) is 78.5 Å². The zero-order valence-corrected chi connectivity index (χ0v) is 37.9. The van der Waals surface area contributed by atoms with E-state index >= 15 is 0 Å². The summed E-state index contributed by atoms with van der Waals surface area (Å²) in [4.78, 5) is 54.9. The Hall–Kier alpha value is -6.64. The number of aryl methyl sites for hydroxylation is 1. The van der Waals surface area contributed by atoms with Gasteiger partial charge in [-0.1, -0.05) is 13.8 Å². The minimum Gasteiger partial charge on any atom is -0.447 e. The normalized spacial score (nSPS) is 18.9. The largest absolute Gasteiger partial charge is 0.447 e. The number of fused-ring (bicyclic) bond motifs is 6. The highest BCUT2D eigenvalue weighted by atomic mass is 32.2. The molecule has 4 aromatic heterocycles. The monoisotopic (exact) mass is 942 g/mol. The number of halogens is 5. The molecule has 15 nitrogen and oxygen atoms in total. The topological polar surface area (TPSA) is 161 Å². The first-order valence-electron chi connectivity index (χ1n) is 21.9. The molecule has 0 spiro atoms. The zero-order chi connectivity index (χ0) is 47.3. The Balaban J connectivity index is 0.000000169. The summed E-state index contributed by atoms with van der Waals surface area (Å²) in [5.74, 6) is 2.16. The number of nitrogens with one attached hydrogen (secondary N) is 2. The summed E-state index contributed by atoms with van der Waals surface area (Å²) in [5, 5.41) is 6.50. The maximum Gasteiger partial charge on any atom is 0.416 e. The first-order chi connectivity index (χ1) is 32.0. The van der Waals surface area contributed by atoms with Gasteiger partial charge in [0.25, 0.3) is 0 Å². The van der Waals surface area contributed by atoms with E-state index < -0.39 is 30.0 Å². The molecule has 10 rings (SSSR count). The summed E-state index contributed by atoms with van der Waals surface area (Å²) < 4.78 is 75.7. The van der Waals surface area contributed by atoms with Crippen LogP contribution in [0.25, 0.3) is 11.4 Å². The van der Waals surface area contributed by atoms with Crippen molar-refractivity contribution < 1.29 is 36.3 Å². The van der Waals surface area contributed by atoms with Gasteiger partial charge in [0.2, 0.25) is 17.8 Å². The van der Waals surface area contributed by atoms with Crippen molar-refractivity contribution in [2.45, 2.75) is 107 Å². The number of hydrogen-bond donors (Lipinski definition) is 2. The first kappa shape index (κ1) is 45.5.